The van der Waals surface area contributed by atoms with Gasteiger partial charge < -0.3 is 56.7 Å². The van der Waals surface area contributed by atoms with Gasteiger partial charge in [0.05, 0.1) is 23.9 Å². The highest BCUT2D eigenvalue weighted by atomic mass is 16.4. The van der Waals surface area contributed by atoms with Gasteiger partial charge in [0, 0.05) is 11.8 Å². The summed E-state index contributed by atoms with van der Waals surface area (Å²) in [4.78, 5) is 55.4. The molecule has 0 aromatic carbocycles. The molecule has 0 saturated carbocycles. The van der Waals surface area contributed by atoms with E-state index in [1.54, 1.807) is 6.92 Å². The molecule has 0 spiro atoms. The average molecular weight is 550 g/mol. The Bertz CT molecular complexity index is 926. The Kier molecular flexibility index (Phi) is 18.0. The number of nitrogens with one attached hydrogen (secondary N) is 1. The molecule has 0 bridgehead atoms. The molecule has 1 unspecified atom stereocenters. The first-order valence-electron chi connectivity index (χ1n) is 10.9. The summed E-state index contributed by atoms with van der Waals surface area (Å²) in [5.74, 6) is -3.06. The third kappa shape index (κ3) is 13.7. The molecule has 16 nitrogen and oxygen atoms in total. The molecule has 0 aliphatic rings. The minimum Gasteiger partial charge on any atom is -0.505 e. The van der Waals surface area contributed by atoms with Crippen LogP contribution in [0, 0.1) is 12.8 Å². The van der Waals surface area contributed by atoms with Crippen molar-refractivity contribution in [2.24, 2.45) is 11.7 Å². The van der Waals surface area contributed by atoms with E-state index in [1.165, 1.54) is 6.20 Å². The summed E-state index contributed by atoms with van der Waals surface area (Å²) >= 11 is 0. The maximum absolute atomic E-state index is 11.1. The number of aromatic hydroxyl groups is 1. The number of carboxylic acids is 2. The van der Waals surface area contributed by atoms with Crippen molar-refractivity contribution in [3.63, 3.8) is 0 Å². The maximum atomic E-state index is 11.1. The van der Waals surface area contributed by atoms with Crippen LogP contribution in [0.1, 0.15) is 41.9 Å². The Balaban J connectivity index is 0. The zero-order valence-corrected chi connectivity index (χ0v) is 21.0. The van der Waals surface area contributed by atoms with Crippen LogP contribution in [0.3, 0.4) is 0 Å². The van der Waals surface area contributed by atoms with Crippen molar-refractivity contribution in [1.29, 1.82) is 0 Å². The second-order valence-electron chi connectivity index (χ2n) is 8.15. The van der Waals surface area contributed by atoms with E-state index in [-0.39, 0.29) is 30.8 Å². The van der Waals surface area contributed by atoms with E-state index in [1.807, 2.05) is 13.8 Å². The van der Waals surface area contributed by atoms with Gasteiger partial charge in [-0.3, -0.25) is 19.4 Å². The predicted octanol–water partition coefficient (Wildman–Crippen LogP) is -3.33. The Morgan fingerprint density at radius 3 is 2.03 bits per heavy atom. The summed E-state index contributed by atoms with van der Waals surface area (Å²) in [7, 11) is 0. The van der Waals surface area contributed by atoms with Gasteiger partial charge in [0.15, 0.2) is 18.7 Å². The Morgan fingerprint density at radius 2 is 1.63 bits per heavy atom. The summed E-state index contributed by atoms with van der Waals surface area (Å²) in [6.07, 6.45) is -5.95. The zero-order chi connectivity index (χ0) is 30.2. The van der Waals surface area contributed by atoms with Gasteiger partial charge in [-0.15, -0.1) is 0 Å². The second-order valence-corrected chi connectivity index (χ2v) is 8.15. The number of aliphatic hydroxyl groups excluding tert-OH is 5. The molecular weight excluding hydrogens is 514 g/mol. The fourth-order valence-corrected chi connectivity index (χ4v) is 2.43. The van der Waals surface area contributed by atoms with Gasteiger partial charge in [0.2, 0.25) is 5.91 Å². The molecular formula is C22H35N3O13. The van der Waals surface area contributed by atoms with Crippen molar-refractivity contribution in [2.75, 3.05) is 6.54 Å². The summed E-state index contributed by atoms with van der Waals surface area (Å²) in [5, 5.41) is 71.7. The second kappa shape index (κ2) is 18.7. The summed E-state index contributed by atoms with van der Waals surface area (Å²) in [5.41, 5.74) is 6.34. The van der Waals surface area contributed by atoms with Crippen molar-refractivity contribution < 1.29 is 64.8 Å². The molecule has 0 saturated heterocycles. The number of carbonyl (C=O) groups excluding carboxylic acids is 3. The number of aldehydes is 2. The van der Waals surface area contributed by atoms with Gasteiger partial charge in [-0.25, -0.2) is 4.79 Å². The molecule has 5 atom stereocenters. The number of carbonyl (C=O) groups is 5. The van der Waals surface area contributed by atoms with Crippen molar-refractivity contribution in [3.8, 4) is 5.75 Å². The third-order valence-corrected chi connectivity index (χ3v) is 4.54. The lowest BCUT2D eigenvalue weighted by Crippen LogP contribution is -2.48. The number of carboxylic acid groups (broad SMARTS) is 2. The van der Waals surface area contributed by atoms with Crippen molar-refractivity contribution >= 4 is 30.4 Å². The highest BCUT2D eigenvalue weighted by Gasteiger charge is 2.34. The van der Waals surface area contributed by atoms with Gasteiger partial charge in [-0.1, -0.05) is 13.8 Å². The topological polar surface area (TPSA) is 298 Å². The number of rotatable bonds is 12. The van der Waals surface area contributed by atoms with Gasteiger partial charge >= 0.3 is 11.9 Å². The monoisotopic (exact) mass is 549 g/mol. The minimum absolute atomic E-state index is 0.0809. The maximum Gasteiger partial charge on any atom is 0.335 e. The molecule has 1 amide bonds. The molecule has 16 heteroatoms. The molecule has 1 rings (SSSR count). The van der Waals surface area contributed by atoms with Crippen LogP contribution < -0.4 is 11.1 Å². The molecule has 1 aromatic heterocycles. The smallest absolute Gasteiger partial charge is 0.335 e. The van der Waals surface area contributed by atoms with Gasteiger partial charge in [-0.05, 0) is 19.3 Å². The molecule has 0 fully saturated rings. The number of hydrogen-bond acceptors (Lipinski definition) is 13. The molecule has 0 radical (unpaired) electrons. The summed E-state index contributed by atoms with van der Waals surface area (Å²) in [6.45, 7) is 4.82. The number of aliphatic hydroxyl groups is 5. The number of pyridine rings is 1. The van der Waals surface area contributed by atoms with Crippen LogP contribution in [0.2, 0.25) is 0 Å². The first-order chi connectivity index (χ1) is 17.5. The number of hydrogen-bond donors (Lipinski definition) is 10. The van der Waals surface area contributed by atoms with Crippen LogP contribution in [-0.2, 0) is 25.8 Å². The summed E-state index contributed by atoms with van der Waals surface area (Å²) < 4.78 is 0. The van der Waals surface area contributed by atoms with E-state index < -0.39 is 48.3 Å². The van der Waals surface area contributed by atoms with Crippen LogP contribution in [-0.4, -0.2) is 113 Å². The van der Waals surface area contributed by atoms with Crippen LogP contribution in [0.5, 0.6) is 5.75 Å². The molecule has 0 aliphatic carbocycles. The van der Waals surface area contributed by atoms with Crippen molar-refractivity contribution in [3.05, 3.63) is 23.0 Å². The molecule has 1 aromatic rings. The zero-order valence-electron chi connectivity index (χ0n) is 21.0. The largest absolute Gasteiger partial charge is 0.505 e. The predicted molar refractivity (Wildman–Crippen MR) is 128 cm³/mol. The van der Waals surface area contributed by atoms with Crippen LogP contribution >= 0.6 is 0 Å². The van der Waals surface area contributed by atoms with E-state index in [4.69, 9.17) is 41.5 Å². The third-order valence-electron chi connectivity index (χ3n) is 4.54. The standard InChI is InChI=1S/C8H16N2O3.C8H9NO3.C6H10O7/c1-5(2)3-6(9)8(13)10-4-7(11)12;1-5-8(12)7(4-11)6(3-10)2-9-5;7-1-2(8)3(9)4(10)5(11)6(12)13/h5-6H,3-4,9H2,1-2H3,(H,10,13)(H,11,12);2,4,10,12H,3H2,1H3;1-5,8-11H,(H,12,13)/t;;2-,3+,4-,5-/m..0/s1. The van der Waals surface area contributed by atoms with E-state index in [0.29, 0.717) is 29.9 Å². The first-order valence-corrected chi connectivity index (χ1v) is 10.9. The quantitative estimate of drug-likeness (QED) is 0.114. The molecule has 0 aliphatic heterocycles. The lowest BCUT2D eigenvalue weighted by atomic mass is 10.0. The number of nitrogens with zero attached hydrogens (tertiary/aromatic N) is 1. The Hall–Kier alpha value is -3.54. The number of aliphatic carboxylic acids is 2. The highest BCUT2D eigenvalue weighted by Crippen LogP contribution is 2.21. The fraction of sp³-hybridized carbons (Fsp3) is 0.545. The van der Waals surface area contributed by atoms with E-state index in [0.717, 1.165) is 0 Å². The van der Waals surface area contributed by atoms with Gasteiger partial charge in [0.25, 0.3) is 0 Å². The lowest BCUT2D eigenvalue weighted by molar-refractivity contribution is -0.163. The van der Waals surface area contributed by atoms with Crippen LogP contribution in [0.15, 0.2) is 6.20 Å². The molecule has 11 N–H and O–H groups in total. The van der Waals surface area contributed by atoms with E-state index in [2.05, 4.69) is 10.3 Å². The SMILES string of the molecule is CC(C)CC(N)C(=O)NCC(=O)O.Cc1ncc(CO)c(C=O)c1O.O=C[C@H](O)[C@@H](O)[C@H](O)[C@H](O)C(=O)O. The van der Waals surface area contributed by atoms with Gasteiger partial charge in [-0.2, -0.15) is 0 Å². The van der Waals surface area contributed by atoms with Crippen LogP contribution in [0.25, 0.3) is 0 Å². The Morgan fingerprint density at radius 1 is 1.08 bits per heavy atom. The molecule has 38 heavy (non-hydrogen) atoms. The number of aryl methyl sites for hydroxylation is 1. The number of amides is 1. The van der Waals surface area contributed by atoms with Crippen LogP contribution in [0.4, 0.5) is 0 Å². The van der Waals surface area contributed by atoms with Crippen molar-refractivity contribution in [2.45, 2.75) is 64.3 Å². The van der Waals surface area contributed by atoms with E-state index >= 15 is 0 Å². The normalized spacial score (nSPS) is 14.3. The highest BCUT2D eigenvalue weighted by molar-refractivity contribution is 5.85. The first kappa shape index (κ1) is 36.6. The van der Waals surface area contributed by atoms with Crippen molar-refractivity contribution in [1.82, 2.24) is 10.3 Å². The van der Waals surface area contributed by atoms with Gasteiger partial charge in [0.1, 0.15) is 30.6 Å². The number of aromatic nitrogens is 1. The number of nitrogens with two attached hydrogens (primary N) is 1. The minimum atomic E-state index is -2.25. The van der Waals surface area contributed by atoms with E-state index in [9.17, 15) is 29.1 Å². The Labute approximate surface area is 217 Å². The average Bonchev–Trinajstić information content (AvgIpc) is 2.86. The summed E-state index contributed by atoms with van der Waals surface area (Å²) in [6, 6.07) is -0.612. The fourth-order valence-electron chi connectivity index (χ4n) is 2.43. The molecule has 216 valence electrons. The molecule has 1 heterocycles. The lowest BCUT2D eigenvalue weighted by Gasteiger charge is -2.21.